The van der Waals surface area contributed by atoms with Crippen LogP contribution in [0, 0.1) is 12.7 Å². The van der Waals surface area contributed by atoms with Crippen LogP contribution in [0.15, 0.2) is 23.6 Å². The van der Waals surface area contributed by atoms with Gasteiger partial charge in [0.05, 0.1) is 11.6 Å². The molecule has 1 N–H and O–H groups in total. The van der Waals surface area contributed by atoms with Crippen molar-refractivity contribution < 1.29 is 14.0 Å². The summed E-state index contributed by atoms with van der Waals surface area (Å²) in [6, 6.07) is 4.08. The van der Waals surface area contributed by atoms with Crippen molar-refractivity contribution in [1.29, 1.82) is 0 Å². The third-order valence-electron chi connectivity index (χ3n) is 3.58. The van der Waals surface area contributed by atoms with Gasteiger partial charge in [0, 0.05) is 24.5 Å². The van der Waals surface area contributed by atoms with E-state index in [-0.39, 0.29) is 18.2 Å². The Kier molecular flexibility index (Phi) is 3.66. The van der Waals surface area contributed by atoms with Crippen molar-refractivity contribution in [2.75, 3.05) is 17.3 Å². The van der Waals surface area contributed by atoms with Gasteiger partial charge in [-0.2, -0.15) is 0 Å². The van der Waals surface area contributed by atoms with Crippen LogP contribution in [0.1, 0.15) is 23.6 Å². The van der Waals surface area contributed by atoms with Crippen LogP contribution in [0.2, 0.25) is 0 Å². The number of likely N-dealkylation sites (N-methyl/N-ethyl adjacent to an activating group) is 1. The lowest BCUT2D eigenvalue weighted by molar-refractivity contribution is -0.124. The minimum atomic E-state index is -0.626. The summed E-state index contributed by atoms with van der Waals surface area (Å²) in [6.45, 7) is 1.85. The molecule has 1 aromatic carbocycles. The second-order valence-corrected chi connectivity index (χ2v) is 6.04. The number of aryl methyl sites for hydroxylation is 1. The zero-order chi connectivity index (χ0) is 15.9. The maximum absolute atomic E-state index is 13.3. The van der Waals surface area contributed by atoms with Crippen LogP contribution in [0.4, 0.5) is 15.2 Å². The van der Waals surface area contributed by atoms with E-state index in [2.05, 4.69) is 10.3 Å². The Morgan fingerprint density at radius 3 is 2.95 bits per heavy atom. The quantitative estimate of drug-likeness (QED) is 0.925. The lowest BCUT2D eigenvalue weighted by atomic mass is 9.89. The molecule has 0 radical (unpaired) electrons. The number of nitrogens with zero attached hydrogens (tertiary/aromatic N) is 2. The average molecular weight is 319 g/mol. The number of aromatic nitrogens is 1. The summed E-state index contributed by atoms with van der Waals surface area (Å²) in [4.78, 5) is 30.2. The van der Waals surface area contributed by atoms with Gasteiger partial charge in [0.1, 0.15) is 5.82 Å². The smallest absolute Gasteiger partial charge is 0.236 e. The van der Waals surface area contributed by atoms with Gasteiger partial charge in [-0.15, -0.1) is 11.3 Å². The number of amides is 2. The summed E-state index contributed by atoms with van der Waals surface area (Å²) in [5, 5.41) is 5.04. The van der Waals surface area contributed by atoms with Crippen molar-refractivity contribution in [3.8, 4) is 0 Å². The van der Waals surface area contributed by atoms with Crippen molar-refractivity contribution >= 4 is 34.0 Å². The van der Waals surface area contributed by atoms with Gasteiger partial charge in [-0.05, 0) is 24.6 Å². The Hall–Kier alpha value is -2.28. The van der Waals surface area contributed by atoms with Gasteiger partial charge >= 0.3 is 0 Å². The number of rotatable bonds is 2. The molecule has 1 unspecified atom stereocenters. The van der Waals surface area contributed by atoms with E-state index >= 15 is 0 Å². The standard InChI is InChI=1S/C15H14FN3O2S/c1-8-7-22-15(17-8)19(2)14(21)11-6-13(20)18-12-5-9(16)3-4-10(11)12/h3-5,7,11H,6H2,1-2H3,(H,18,20). The summed E-state index contributed by atoms with van der Waals surface area (Å²) in [5.41, 5.74) is 1.83. The SMILES string of the molecule is Cc1csc(N(C)C(=O)C2CC(=O)Nc3cc(F)ccc32)n1. The minimum Gasteiger partial charge on any atom is -0.326 e. The van der Waals surface area contributed by atoms with Crippen molar-refractivity contribution in [3.05, 3.63) is 40.7 Å². The van der Waals surface area contributed by atoms with Crippen LogP contribution in [0.25, 0.3) is 0 Å². The molecule has 7 heteroatoms. The van der Waals surface area contributed by atoms with Crippen molar-refractivity contribution in [1.82, 2.24) is 4.98 Å². The molecule has 0 saturated heterocycles. The van der Waals surface area contributed by atoms with Crippen LogP contribution in [-0.2, 0) is 9.59 Å². The fourth-order valence-electron chi connectivity index (χ4n) is 2.48. The van der Waals surface area contributed by atoms with E-state index in [0.717, 1.165) is 5.69 Å². The molecule has 3 rings (SSSR count). The highest BCUT2D eigenvalue weighted by molar-refractivity contribution is 7.14. The minimum absolute atomic E-state index is 0.0478. The largest absolute Gasteiger partial charge is 0.326 e. The van der Waals surface area contributed by atoms with Gasteiger partial charge in [0.25, 0.3) is 0 Å². The number of anilines is 2. The fraction of sp³-hybridized carbons (Fsp3) is 0.267. The molecular formula is C15H14FN3O2S. The molecule has 22 heavy (non-hydrogen) atoms. The van der Waals surface area contributed by atoms with Crippen molar-refractivity contribution in [2.24, 2.45) is 0 Å². The molecule has 0 saturated carbocycles. The summed E-state index contributed by atoms with van der Waals surface area (Å²) in [6.07, 6.45) is 0.0478. The Labute approximate surface area is 130 Å². The lowest BCUT2D eigenvalue weighted by Crippen LogP contribution is -2.36. The van der Waals surface area contributed by atoms with E-state index < -0.39 is 11.7 Å². The van der Waals surface area contributed by atoms with Crippen LogP contribution in [0.5, 0.6) is 0 Å². The first-order valence-corrected chi connectivity index (χ1v) is 7.62. The van der Waals surface area contributed by atoms with Gasteiger partial charge < -0.3 is 5.32 Å². The van der Waals surface area contributed by atoms with Gasteiger partial charge in [-0.1, -0.05) is 6.07 Å². The number of fused-ring (bicyclic) bond motifs is 1. The highest BCUT2D eigenvalue weighted by Gasteiger charge is 2.33. The van der Waals surface area contributed by atoms with E-state index in [1.165, 1.54) is 28.4 Å². The lowest BCUT2D eigenvalue weighted by Gasteiger charge is -2.27. The van der Waals surface area contributed by atoms with Crippen LogP contribution in [-0.4, -0.2) is 23.8 Å². The normalized spacial score (nSPS) is 16.9. The maximum Gasteiger partial charge on any atom is 0.236 e. The number of hydrogen-bond acceptors (Lipinski definition) is 4. The first kappa shape index (κ1) is 14.6. The number of thiazole rings is 1. The number of nitrogens with one attached hydrogen (secondary N) is 1. The molecule has 5 nitrogen and oxygen atoms in total. The number of carbonyl (C=O) groups is 2. The highest BCUT2D eigenvalue weighted by atomic mass is 32.1. The predicted molar refractivity (Wildman–Crippen MR) is 82.6 cm³/mol. The molecule has 2 aromatic rings. The Morgan fingerprint density at radius 1 is 1.50 bits per heavy atom. The van der Waals surface area contributed by atoms with Crippen LogP contribution < -0.4 is 10.2 Å². The van der Waals surface area contributed by atoms with E-state index in [9.17, 15) is 14.0 Å². The fourth-order valence-corrected chi connectivity index (χ4v) is 3.25. The predicted octanol–water partition coefficient (Wildman–Crippen LogP) is 2.68. The van der Waals surface area contributed by atoms with E-state index in [4.69, 9.17) is 0 Å². The number of hydrogen-bond donors (Lipinski definition) is 1. The zero-order valence-electron chi connectivity index (χ0n) is 12.1. The summed E-state index contributed by atoms with van der Waals surface area (Å²) < 4.78 is 13.3. The summed E-state index contributed by atoms with van der Waals surface area (Å²) in [7, 11) is 1.64. The third kappa shape index (κ3) is 2.59. The van der Waals surface area contributed by atoms with E-state index in [1.54, 1.807) is 13.1 Å². The molecule has 2 heterocycles. The van der Waals surface area contributed by atoms with Crippen molar-refractivity contribution in [2.45, 2.75) is 19.3 Å². The molecule has 0 bridgehead atoms. The van der Waals surface area contributed by atoms with Crippen LogP contribution >= 0.6 is 11.3 Å². The molecule has 1 atom stereocenters. The molecule has 1 aliphatic rings. The molecule has 0 fully saturated rings. The number of benzene rings is 1. The maximum atomic E-state index is 13.3. The van der Waals surface area contributed by atoms with Gasteiger partial charge in [-0.3, -0.25) is 14.5 Å². The molecule has 1 aliphatic heterocycles. The topological polar surface area (TPSA) is 62.3 Å². The van der Waals surface area contributed by atoms with Gasteiger partial charge in [0.2, 0.25) is 11.8 Å². The molecular weight excluding hydrogens is 305 g/mol. The zero-order valence-corrected chi connectivity index (χ0v) is 12.9. The van der Waals surface area contributed by atoms with Crippen LogP contribution in [0.3, 0.4) is 0 Å². The van der Waals surface area contributed by atoms with E-state index in [0.29, 0.717) is 16.4 Å². The Bertz CT molecular complexity index is 759. The molecule has 0 aliphatic carbocycles. The number of carbonyl (C=O) groups excluding carboxylic acids is 2. The second-order valence-electron chi connectivity index (χ2n) is 5.21. The van der Waals surface area contributed by atoms with E-state index in [1.807, 2.05) is 12.3 Å². The first-order chi connectivity index (χ1) is 10.5. The molecule has 114 valence electrons. The van der Waals surface area contributed by atoms with Crippen molar-refractivity contribution in [3.63, 3.8) is 0 Å². The Balaban J connectivity index is 1.94. The molecule has 1 aromatic heterocycles. The molecule has 2 amide bonds. The monoisotopic (exact) mass is 319 g/mol. The van der Waals surface area contributed by atoms with Gasteiger partial charge in [0.15, 0.2) is 5.13 Å². The van der Waals surface area contributed by atoms with Gasteiger partial charge in [-0.25, -0.2) is 9.37 Å². The second kappa shape index (κ2) is 5.49. The third-order valence-corrected chi connectivity index (χ3v) is 4.61. The summed E-state index contributed by atoms with van der Waals surface area (Å²) >= 11 is 1.37. The molecule has 0 spiro atoms. The summed E-state index contributed by atoms with van der Waals surface area (Å²) in [5.74, 6) is -1.59. The first-order valence-electron chi connectivity index (χ1n) is 6.74. The highest BCUT2D eigenvalue weighted by Crippen LogP contribution is 2.35. The average Bonchev–Trinajstić information content (AvgIpc) is 2.91. The Morgan fingerprint density at radius 2 is 2.27 bits per heavy atom. The number of halogens is 1.